The molecule has 0 atom stereocenters. The van der Waals surface area contributed by atoms with Crippen LogP contribution in [0.2, 0.25) is 5.02 Å². The van der Waals surface area contributed by atoms with Crippen molar-refractivity contribution in [2.75, 3.05) is 5.32 Å². The summed E-state index contributed by atoms with van der Waals surface area (Å²) in [5.41, 5.74) is 1.95. The highest BCUT2D eigenvalue weighted by atomic mass is 35.5. The van der Waals surface area contributed by atoms with Crippen molar-refractivity contribution in [2.45, 2.75) is 19.8 Å². The summed E-state index contributed by atoms with van der Waals surface area (Å²) in [6, 6.07) is 11.6. The van der Waals surface area contributed by atoms with Crippen molar-refractivity contribution in [2.24, 2.45) is 0 Å². The summed E-state index contributed by atoms with van der Waals surface area (Å²) in [5.74, 6) is 0.186. The molecule has 1 N–H and O–H groups in total. The molecule has 6 heteroatoms. The largest absolute Gasteiger partial charge is 0.441 e. The van der Waals surface area contributed by atoms with Gasteiger partial charge in [0.15, 0.2) is 11.7 Å². The molecule has 1 aromatic heterocycles. The molecule has 1 amide bonds. The van der Waals surface area contributed by atoms with Gasteiger partial charge in [0.1, 0.15) is 5.82 Å². The van der Waals surface area contributed by atoms with E-state index >= 15 is 0 Å². The maximum absolute atomic E-state index is 13.7. The average Bonchev–Trinajstić information content (AvgIpc) is 3.05. The highest BCUT2D eigenvalue weighted by Crippen LogP contribution is 2.24. The van der Waals surface area contributed by atoms with Gasteiger partial charge in [-0.15, -0.1) is 0 Å². The van der Waals surface area contributed by atoms with E-state index in [9.17, 15) is 9.18 Å². The molecule has 0 aliphatic carbocycles. The first kappa shape index (κ1) is 17.2. The van der Waals surface area contributed by atoms with Gasteiger partial charge >= 0.3 is 0 Å². The number of amides is 1. The Morgan fingerprint density at radius 3 is 2.88 bits per heavy atom. The molecule has 128 valence electrons. The fourth-order valence-electron chi connectivity index (χ4n) is 2.37. The molecule has 2 aromatic carbocycles. The lowest BCUT2D eigenvalue weighted by molar-refractivity contribution is -0.116. The topological polar surface area (TPSA) is 55.1 Å². The molecule has 0 saturated carbocycles. The van der Waals surface area contributed by atoms with Crippen LogP contribution in [-0.4, -0.2) is 10.9 Å². The SMILES string of the molecule is Cc1ccc(Cl)cc1NC(=O)CCc1ncc(-c2ccccc2F)o1. The molecule has 4 nitrogen and oxygen atoms in total. The van der Waals surface area contributed by atoms with E-state index in [2.05, 4.69) is 10.3 Å². The Kier molecular flexibility index (Phi) is 5.14. The van der Waals surface area contributed by atoms with Crippen LogP contribution in [0.1, 0.15) is 17.9 Å². The number of aryl methyl sites for hydroxylation is 2. The van der Waals surface area contributed by atoms with Gasteiger partial charge in [-0.2, -0.15) is 0 Å². The van der Waals surface area contributed by atoms with E-state index in [4.69, 9.17) is 16.0 Å². The molecule has 0 unspecified atom stereocenters. The van der Waals surface area contributed by atoms with Crippen molar-refractivity contribution in [1.82, 2.24) is 4.98 Å². The fraction of sp³-hybridized carbons (Fsp3) is 0.158. The van der Waals surface area contributed by atoms with Crippen molar-refractivity contribution in [3.05, 3.63) is 71.0 Å². The molecular weight excluding hydrogens is 343 g/mol. The van der Waals surface area contributed by atoms with E-state index in [0.717, 1.165) is 5.56 Å². The Bertz CT molecular complexity index is 908. The minimum atomic E-state index is -0.376. The summed E-state index contributed by atoms with van der Waals surface area (Å²) in [6.07, 6.45) is 1.98. The van der Waals surface area contributed by atoms with Gasteiger partial charge in [-0.05, 0) is 36.8 Å². The number of aromatic nitrogens is 1. The van der Waals surface area contributed by atoms with Gasteiger partial charge < -0.3 is 9.73 Å². The maximum Gasteiger partial charge on any atom is 0.224 e. The second-order valence-electron chi connectivity index (χ2n) is 5.61. The van der Waals surface area contributed by atoms with Gasteiger partial charge in [-0.25, -0.2) is 9.37 Å². The zero-order valence-corrected chi connectivity index (χ0v) is 14.3. The van der Waals surface area contributed by atoms with E-state index < -0.39 is 0 Å². The second kappa shape index (κ2) is 7.49. The average molecular weight is 359 g/mol. The lowest BCUT2D eigenvalue weighted by atomic mass is 10.2. The number of nitrogens with one attached hydrogen (secondary N) is 1. The summed E-state index contributed by atoms with van der Waals surface area (Å²) in [6.45, 7) is 1.89. The first-order chi connectivity index (χ1) is 12.0. The third-order valence-corrected chi connectivity index (χ3v) is 3.97. The van der Waals surface area contributed by atoms with Crippen LogP contribution in [0.15, 0.2) is 53.1 Å². The molecule has 0 radical (unpaired) electrons. The monoisotopic (exact) mass is 358 g/mol. The van der Waals surface area contributed by atoms with E-state index in [1.54, 1.807) is 30.3 Å². The summed E-state index contributed by atoms with van der Waals surface area (Å²) < 4.78 is 19.3. The third-order valence-electron chi connectivity index (χ3n) is 3.73. The number of carbonyl (C=O) groups excluding carboxylic acids is 1. The molecule has 0 fully saturated rings. The van der Waals surface area contributed by atoms with E-state index in [-0.39, 0.29) is 18.1 Å². The molecule has 3 aromatic rings. The predicted molar refractivity (Wildman–Crippen MR) is 95.0 cm³/mol. The van der Waals surface area contributed by atoms with Crippen molar-refractivity contribution in [3.8, 4) is 11.3 Å². The number of hydrogen-bond acceptors (Lipinski definition) is 3. The lowest BCUT2D eigenvalue weighted by Gasteiger charge is -2.08. The Hall–Kier alpha value is -2.66. The Morgan fingerprint density at radius 2 is 2.08 bits per heavy atom. The van der Waals surface area contributed by atoms with Gasteiger partial charge in [0, 0.05) is 23.6 Å². The zero-order chi connectivity index (χ0) is 17.8. The van der Waals surface area contributed by atoms with Gasteiger partial charge in [-0.1, -0.05) is 29.8 Å². The van der Waals surface area contributed by atoms with Crippen molar-refractivity contribution in [1.29, 1.82) is 0 Å². The quantitative estimate of drug-likeness (QED) is 0.697. The number of oxazole rings is 1. The standard InChI is InChI=1S/C19H16ClFN2O2/c1-12-6-7-13(20)10-16(12)23-18(24)8-9-19-22-11-17(25-19)14-4-2-3-5-15(14)21/h2-7,10-11H,8-9H2,1H3,(H,23,24). The molecule has 1 heterocycles. The van der Waals surface area contributed by atoms with Crippen LogP contribution in [0, 0.1) is 12.7 Å². The van der Waals surface area contributed by atoms with E-state index in [1.165, 1.54) is 12.3 Å². The minimum absolute atomic E-state index is 0.170. The first-order valence-electron chi connectivity index (χ1n) is 7.78. The number of hydrogen-bond donors (Lipinski definition) is 1. The van der Waals surface area contributed by atoms with Crippen LogP contribution in [0.3, 0.4) is 0 Å². The normalized spacial score (nSPS) is 10.7. The fourth-order valence-corrected chi connectivity index (χ4v) is 2.55. The van der Waals surface area contributed by atoms with Crippen molar-refractivity contribution in [3.63, 3.8) is 0 Å². The Morgan fingerprint density at radius 1 is 1.28 bits per heavy atom. The molecule has 0 aliphatic rings. The second-order valence-corrected chi connectivity index (χ2v) is 6.04. The smallest absolute Gasteiger partial charge is 0.224 e. The van der Waals surface area contributed by atoms with Crippen molar-refractivity contribution < 1.29 is 13.6 Å². The highest BCUT2D eigenvalue weighted by Gasteiger charge is 2.12. The maximum atomic E-state index is 13.7. The molecule has 0 bridgehead atoms. The number of carbonyl (C=O) groups is 1. The molecule has 25 heavy (non-hydrogen) atoms. The number of anilines is 1. The molecule has 0 spiro atoms. The van der Waals surface area contributed by atoms with Gasteiger partial charge in [-0.3, -0.25) is 4.79 Å². The summed E-state index contributed by atoms with van der Waals surface area (Å²) >= 11 is 5.94. The molecule has 0 aliphatic heterocycles. The van der Waals surface area contributed by atoms with Crippen LogP contribution in [0.4, 0.5) is 10.1 Å². The van der Waals surface area contributed by atoms with E-state index in [0.29, 0.717) is 34.3 Å². The minimum Gasteiger partial charge on any atom is -0.441 e. The third kappa shape index (κ3) is 4.25. The summed E-state index contributed by atoms with van der Waals surface area (Å²) in [4.78, 5) is 16.2. The van der Waals surface area contributed by atoms with Gasteiger partial charge in [0.05, 0.1) is 11.8 Å². The lowest BCUT2D eigenvalue weighted by Crippen LogP contribution is -2.13. The Balaban J connectivity index is 1.61. The van der Waals surface area contributed by atoms with E-state index in [1.807, 2.05) is 13.0 Å². The zero-order valence-electron chi connectivity index (χ0n) is 13.6. The van der Waals surface area contributed by atoms with Gasteiger partial charge in [0.25, 0.3) is 0 Å². The number of nitrogens with zero attached hydrogens (tertiary/aromatic N) is 1. The van der Waals surface area contributed by atoms with Crippen LogP contribution in [-0.2, 0) is 11.2 Å². The summed E-state index contributed by atoms with van der Waals surface area (Å²) in [7, 11) is 0. The summed E-state index contributed by atoms with van der Waals surface area (Å²) in [5, 5.41) is 3.37. The van der Waals surface area contributed by atoms with Gasteiger partial charge in [0.2, 0.25) is 5.91 Å². The number of halogens is 2. The molecule has 3 rings (SSSR count). The van der Waals surface area contributed by atoms with Crippen molar-refractivity contribution >= 4 is 23.2 Å². The van der Waals surface area contributed by atoms with Crippen LogP contribution >= 0.6 is 11.6 Å². The first-order valence-corrected chi connectivity index (χ1v) is 8.16. The number of benzene rings is 2. The molecular formula is C19H16ClFN2O2. The Labute approximate surface area is 149 Å². The predicted octanol–water partition coefficient (Wildman–Crippen LogP) is 5.01. The van der Waals surface area contributed by atoms with Crippen LogP contribution < -0.4 is 5.32 Å². The molecule has 0 saturated heterocycles. The van der Waals surface area contributed by atoms with Crippen LogP contribution in [0.25, 0.3) is 11.3 Å². The van der Waals surface area contributed by atoms with Crippen LogP contribution in [0.5, 0.6) is 0 Å². The number of rotatable bonds is 5. The highest BCUT2D eigenvalue weighted by molar-refractivity contribution is 6.31.